The van der Waals surface area contributed by atoms with E-state index < -0.39 is 33.5 Å². The van der Waals surface area contributed by atoms with E-state index in [0.717, 1.165) is 5.56 Å². The van der Waals surface area contributed by atoms with Gasteiger partial charge in [0.1, 0.15) is 5.82 Å². The highest BCUT2D eigenvalue weighted by Gasteiger charge is 2.51. The number of nitrogens with zero attached hydrogens (tertiary/aromatic N) is 2. The number of anilines is 1. The van der Waals surface area contributed by atoms with Crippen molar-refractivity contribution in [2.45, 2.75) is 50.1 Å². The van der Waals surface area contributed by atoms with Crippen LogP contribution in [0.1, 0.15) is 51.4 Å². The second-order valence-corrected chi connectivity index (χ2v) is 12.9. The lowest BCUT2D eigenvalue weighted by Gasteiger charge is -2.39. The minimum Gasteiger partial charge on any atom is -0.478 e. The predicted octanol–water partition coefficient (Wildman–Crippen LogP) is 5.05. The Morgan fingerprint density at radius 1 is 0.957 bits per heavy atom. The van der Waals surface area contributed by atoms with Crippen molar-refractivity contribution in [3.05, 3.63) is 119 Å². The van der Waals surface area contributed by atoms with Crippen molar-refractivity contribution in [1.29, 1.82) is 0 Å². The van der Waals surface area contributed by atoms with Crippen LogP contribution in [-0.4, -0.2) is 52.8 Å². The van der Waals surface area contributed by atoms with E-state index in [4.69, 9.17) is 0 Å². The molecule has 0 radical (unpaired) electrons. The van der Waals surface area contributed by atoms with Gasteiger partial charge in [-0.3, -0.25) is 9.89 Å². The van der Waals surface area contributed by atoms with Crippen LogP contribution in [0.4, 0.5) is 5.82 Å². The molecule has 5 N–H and O–H groups in total. The second-order valence-electron chi connectivity index (χ2n) is 11.3. The van der Waals surface area contributed by atoms with Crippen molar-refractivity contribution in [2.75, 3.05) is 11.9 Å². The van der Waals surface area contributed by atoms with Gasteiger partial charge in [0.05, 0.1) is 16.6 Å². The van der Waals surface area contributed by atoms with Gasteiger partial charge in [-0.2, -0.15) is 9.82 Å². The van der Waals surface area contributed by atoms with Crippen LogP contribution in [0.25, 0.3) is 10.9 Å². The van der Waals surface area contributed by atoms with Crippen LogP contribution in [0, 0.1) is 20.8 Å². The molecule has 0 saturated heterocycles. The van der Waals surface area contributed by atoms with Crippen molar-refractivity contribution in [3.8, 4) is 0 Å². The fraction of sp³-hybridized carbons (Fsp3) is 0.235. The topological polar surface area (TPSA) is 166 Å². The van der Waals surface area contributed by atoms with E-state index in [2.05, 4.69) is 30.5 Å². The monoisotopic (exact) mass is 640 g/mol. The molecule has 0 aliphatic rings. The first-order chi connectivity index (χ1) is 22.0. The number of benzene rings is 3. The molecule has 5 aromatic rings. The van der Waals surface area contributed by atoms with Crippen LogP contribution < -0.4 is 15.4 Å². The van der Waals surface area contributed by atoms with Crippen molar-refractivity contribution < 1.29 is 23.1 Å². The van der Waals surface area contributed by atoms with Gasteiger partial charge in [0, 0.05) is 29.6 Å². The number of hydrogen-bond donors (Lipinski definition) is 5. The number of carbonyl (C=O) groups excluding carboxylic acids is 1. The molecule has 0 spiro atoms. The predicted molar refractivity (Wildman–Crippen MR) is 176 cm³/mol. The number of H-pyrrole nitrogens is 1. The lowest BCUT2D eigenvalue weighted by molar-refractivity contribution is -0.146. The number of amides is 1. The summed E-state index contributed by atoms with van der Waals surface area (Å²) < 4.78 is 31.0. The van der Waals surface area contributed by atoms with Gasteiger partial charge in [0.2, 0.25) is 15.7 Å². The zero-order chi connectivity index (χ0) is 32.9. The van der Waals surface area contributed by atoms with Gasteiger partial charge in [0.15, 0.2) is 0 Å². The Hall–Kier alpha value is -5.07. The van der Waals surface area contributed by atoms with E-state index in [1.807, 2.05) is 19.1 Å². The number of pyridine rings is 1. The number of rotatable bonds is 13. The van der Waals surface area contributed by atoms with Gasteiger partial charge in [-0.1, -0.05) is 54.1 Å². The van der Waals surface area contributed by atoms with Crippen LogP contribution in [0.2, 0.25) is 0 Å². The number of carboxylic acid groups (broad SMARTS) is 1. The summed E-state index contributed by atoms with van der Waals surface area (Å²) in [7, 11) is -4.51. The van der Waals surface area contributed by atoms with Crippen LogP contribution in [0.3, 0.4) is 0 Å². The number of fused-ring (bicyclic) bond motifs is 1. The molecule has 2 aromatic heterocycles. The molecule has 1 unspecified atom stereocenters. The number of aliphatic carboxylic acids is 1. The molecule has 1 amide bonds. The third-order valence-electron chi connectivity index (χ3n) is 7.88. The fourth-order valence-corrected chi connectivity index (χ4v) is 7.70. The highest BCUT2D eigenvalue weighted by atomic mass is 32.2. The molecule has 0 fully saturated rings. The van der Waals surface area contributed by atoms with E-state index in [9.17, 15) is 23.1 Å². The number of nitrogens with one attached hydrogen (secondary N) is 4. The molecular formula is C34H36N6O5S. The Kier molecular flexibility index (Phi) is 9.49. The van der Waals surface area contributed by atoms with Crippen molar-refractivity contribution in [2.24, 2.45) is 0 Å². The number of sulfonamides is 1. The van der Waals surface area contributed by atoms with Gasteiger partial charge in [0.25, 0.3) is 5.91 Å². The van der Waals surface area contributed by atoms with Crippen molar-refractivity contribution in [1.82, 2.24) is 25.2 Å². The van der Waals surface area contributed by atoms with E-state index in [0.29, 0.717) is 46.4 Å². The first kappa shape index (κ1) is 32.3. The Labute approximate surface area is 267 Å². The average Bonchev–Trinajstić information content (AvgIpc) is 3.49. The van der Waals surface area contributed by atoms with E-state index in [-0.39, 0.29) is 16.9 Å². The molecule has 2 heterocycles. The molecule has 12 heteroatoms. The molecule has 5 rings (SSSR count). The van der Waals surface area contributed by atoms with E-state index >= 15 is 0 Å². The molecular weight excluding hydrogens is 604 g/mol. The summed E-state index contributed by atoms with van der Waals surface area (Å²) in [6, 6.07) is 22.4. The molecule has 0 aliphatic heterocycles. The molecule has 0 bridgehead atoms. The van der Waals surface area contributed by atoms with Crippen molar-refractivity contribution in [3.63, 3.8) is 0 Å². The van der Waals surface area contributed by atoms with Crippen LogP contribution >= 0.6 is 0 Å². The zero-order valence-corrected chi connectivity index (χ0v) is 26.6. The first-order valence-electron chi connectivity index (χ1n) is 14.8. The molecule has 46 heavy (non-hydrogen) atoms. The Bertz CT molecular complexity index is 1940. The number of carbonyl (C=O) groups is 2. The van der Waals surface area contributed by atoms with Gasteiger partial charge < -0.3 is 15.7 Å². The number of aryl methyl sites for hydroxylation is 3. The van der Waals surface area contributed by atoms with Crippen LogP contribution in [0.5, 0.6) is 0 Å². The lowest BCUT2D eigenvalue weighted by Crippen LogP contribution is -2.68. The summed E-state index contributed by atoms with van der Waals surface area (Å²) in [5.74, 6) is -2.70. The fourth-order valence-electron chi connectivity index (χ4n) is 5.93. The summed E-state index contributed by atoms with van der Waals surface area (Å²) in [6.07, 6.45) is 3.81. The van der Waals surface area contributed by atoms with Crippen LogP contribution in [-0.2, 0) is 14.8 Å². The summed E-state index contributed by atoms with van der Waals surface area (Å²) in [4.78, 5) is 31.7. The maximum atomic E-state index is 14.3. The summed E-state index contributed by atoms with van der Waals surface area (Å²) >= 11 is 0. The van der Waals surface area contributed by atoms with Crippen molar-refractivity contribution >= 4 is 38.6 Å². The molecule has 11 nitrogen and oxygen atoms in total. The minimum absolute atomic E-state index is 0.0404. The first-order valence-corrected chi connectivity index (χ1v) is 16.3. The summed E-state index contributed by atoms with van der Waals surface area (Å²) in [6.45, 7) is 5.60. The largest absolute Gasteiger partial charge is 0.478 e. The quantitative estimate of drug-likeness (QED) is 0.0881. The molecule has 3 aromatic carbocycles. The summed E-state index contributed by atoms with van der Waals surface area (Å²) in [5.41, 5.74) is 0.655. The number of aromatic amines is 1. The Morgan fingerprint density at radius 2 is 1.67 bits per heavy atom. The maximum absolute atomic E-state index is 14.3. The number of aromatic nitrogens is 3. The van der Waals surface area contributed by atoms with E-state index in [1.165, 1.54) is 6.07 Å². The van der Waals surface area contributed by atoms with Gasteiger partial charge in [-0.25, -0.2) is 18.2 Å². The third-order valence-corrected chi connectivity index (χ3v) is 9.66. The molecule has 0 aliphatic carbocycles. The smallest absolute Gasteiger partial charge is 0.346 e. The minimum atomic E-state index is -4.51. The summed E-state index contributed by atoms with van der Waals surface area (Å²) in [5, 5.41) is 24.3. The SMILES string of the molecule is Cc1cc(C)c(S(=O)(=O)N[C@](NC(=O)c2ccc3[nH]ncc3c2)(C(=O)O)C(CCCNc2ccccn2)c2ccccc2)c(C)c1. The Morgan fingerprint density at radius 3 is 2.35 bits per heavy atom. The second kappa shape index (κ2) is 13.5. The van der Waals surface area contributed by atoms with Gasteiger partial charge in [-0.15, -0.1) is 0 Å². The maximum Gasteiger partial charge on any atom is 0.346 e. The highest BCUT2D eigenvalue weighted by molar-refractivity contribution is 7.89. The Balaban J connectivity index is 1.60. The van der Waals surface area contributed by atoms with Crippen LogP contribution in [0.15, 0.2) is 96.2 Å². The standard InChI is InChI=1S/C34H36N6O5S/c1-22-18-23(2)31(24(3)19-22)46(44,45)40-34(33(42)43,38-32(41)26-14-15-29-27(20-26)21-37-39-29)28(25-10-5-4-6-11-25)12-9-17-36-30-13-7-8-16-35-30/h4-8,10-11,13-16,18-21,28,40H,9,12,17H2,1-3H3,(H,35,36)(H,37,39)(H,38,41)(H,42,43)/t28?,34-/m0/s1. The average molecular weight is 641 g/mol. The lowest BCUT2D eigenvalue weighted by atomic mass is 9.82. The van der Waals surface area contributed by atoms with E-state index in [1.54, 1.807) is 86.9 Å². The normalized spacial score (nSPS) is 13.5. The zero-order valence-electron chi connectivity index (χ0n) is 25.7. The van der Waals surface area contributed by atoms with Gasteiger partial charge >= 0.3 is 5.97 Å². The molecule has 2 atom stereocenters. The molecule has 0 saturated carbocycles. The number of carboxylic acids is 1. The third kappa shape index (κ3) is 6.93. The highest BCUT2D eigenvalue weighted by Crippen LogP contribution is 2.35. The number of hydrogen-bond acceptors (Lipinski definition) is 7. The molecule has 238 valence electrons. The van der Waals surface area contributed by atoms with Gasteiger partial charge in [-0.05, 0) is 80.6 Å².